The van der Waals surface area contributed by atoms with Gasteiger partial charge >= 0.3 is 0 Å². The molecular weight excluding hydrogens is 328 g/mol. The Kier molecular flexibility index (Phi) is 4.71. The van der Waals surface area contributed by atoms with E-state index in [-0.39, 0.29) is 17.0 Å². The van der Waals surface area contributed by atoms with Crippen molar-refractivity contribution in [2.45, 2.75) is 12.3 Å². The van der Waals surface area contributed by atoms with Gasteiger partial charge in [-0.2, -0.15) is 0 Å². The van der Waals surface area contributed by atoms with E-state index >= 15 is 0 Å². The van der Waals surface area contributed by atoms with Crippen molar-refractivity contribution in [1.82, 2.24) is 0 Å². The minimum Gasteiger partial charge on any atom is -0.494 e. The van der Waals surface area contributed by atoms with Crippen LogP contribution in [-0.4, -0.2) is 23.2 Å². The second-order valence-electron chi connectivity index (χ2n) is 5.20. The Balaban J connectivity index is 1.87. The van der Waals surface area contributed by atoms with Crippen molar-refractivity contribution in [3.05, 3.63) is 64.2 Å². The zero-order chi connectivity index (χ0) is 17.1. The van der Waals surface area contributed by atoms with E-state index in [9.17, 15) is 14.9 Å². The molecule has 7 heteroatoms. The van der Waals surface area contributed by atoms with E-state index in [0.29, 0.717) is 12.4 Å². The molecule has 0 aliphatic carbocycles. The highest BCUT2D eigenvalue weighted by atomic mass is 32.2. The third-order valence-corrected chi connectivity index (χ3v) is 4.90. The van der Waals surface area contributed by atoms with Crippen LogP contribution in [0.25, 0.3) is 0 Å². The largest absolute Gasteiger partial charge is 0.494 e. The maximum atomic E-state index is 12.3. The number of non-ortho nitro benzene ring substituents is 1. The van der Waals surface area contributed by atoms with Crippen LogP contribution >= 0.6 is 11.8 Å². The Bertz CT molecular complexity index is 746. The van der Waals surface area contributed by atoms with Gasteiger partial charge in [-0.25, -0.2) is 0 Å². The number of rotatable bonds is 5. The molecule has 0 aromatic heterocycles. The number of amides is 1. The first-order chi connectivity index (χ1) is 11.6. The first-order valence-electron chi connectivity index (χ1n) is 7.51. The maximum Gasteiger partial charge on any atom is 0.269 e. The van der Waals surface area contributed by atoms with Crippen LogP contribution in [0.5, 0.6) is 5.75 Å². The summed E-state index contributed by atoms with van der Waals surface area (Å²) in [6, 6.07) is 13.7. The molecule has 124 valence electrons. The van der Waals surface area contributed by atoms with Crippen LogP contribution in [-0.2, 0) is 4.79 Å². The van der Waals surface area contributed by atoms with Crippen LogP contribution in [0.4, 0.5) is 11.4 Å². The zero-order valence-corrected chi connectivity index (χ0v) is 13.9. The number of nitrogens with zero attached hydrogens (tertiary/aromatic N) is 2. The van der Waals surface area contributed by atoms with E-state index in [0.717, 1.165) is 17.0 Å². The first kappa shape index (κ1) is 16.3. The van der Waals surface area contributed by atoms with Crippen molar-refractivity contribution in [2.75, 3.05) is 17.3 Å². The fourth-order valence-corrected chi connectivity index (χ4v) is 3.76. The SMILES string of the molecule is CCOc1ccc(N2C(=O)CS[C@@H]2c2ccc([N+](=O)[O-])cc2)cc1. The normalized spacial score (nSPS) is 17.1. The van der Waals surface area contributed by atoms with Gasteiger partial charge in [0.05, 0.1) is 17.3 Å². The molecule has 0 radical (unpaired) electrons. The quantitative estimate of drug-likeness (QED) is 0.610. The average Bonchev–Trinajstić information content (AvgIpc) is 2.97. The summed E-state index contributed by atoms with van der Waals surface area (Å²) in [4.78, 5) is 24.4. The Labute approximate surface area is 143 Å². The summed E-state index contributed by atoms with van der Waals surface area (Å²) in [5.41, 5.74) is 1.70. The summed E-state index contributed by atoms with van der Waals surface area (Å²) < 4.78 is 5.42. The lowest BCUT2D eigenvalue weighted by Gasteiger charge is -2.24. The summed E-state index contributed by atoms with van der Waals surface area (Å²) in [7, 11) is 0. The summed E-state index contributed by atoms with van der Waals surface area (Å²) in [6.45, 7) is 2.50. The number of nitro groups is 1. The van der Waals surface area contributed by atoms with Gasteiger partial charge in [0.25, 0.3) is 5.69 Å². The van der Waals surface area contributed by atoms with Gasteiger partial charge in [0, 0.05) is 17.8 Å². The average molecular weight is 344 g/mol. The fourth-order valence-electron chi connectivity index (χ4n) is 2.58. The molecule has 0 N–H and O–H groups in total. The molecule has 3 rings (SSSR count). The number of ether oxygens (including phenoxy) is 1. The molecule has 24 heavy (non-hydrogen) atoms. The standard InChI is InChI=1S/C17H16N2O4S/c1-2-23-15-9-7-13(8-10-15)18-16(20)11-24-17(18)12-3-5-14(6-4-12)19(21)22/h3-10,17H,2,11H2,1H3/t17-/m1/s1. The van der Waals surface area contributed by atoms with Crippen LogP contribution in [0, 0.1) is 10.1 Å². The number of thioether (sulfide) groups is 1. The monoisotopic (exact) mass is 344 g/mol. The van der Waals surface area contributed by atoms with E-state index in [1.54, 1.807) is 17.0 Å². The van der Waals surface area contributed by atoms with E-state index in [2.05, 4.69) is 0 Å². The van der Waals surface area contributed by atoms with Gasteiger partial charge in [-0.15, -0.1) is 11.8 Å². The number of hydrogen-bond acceptors (Lipinski definition) is 5. The Hall–Kier alpha value is -2.54. The molecule has 1 heterocycles. The lowest BCUT2D eigenvalue weighted by molar-refractivity contribution is -0.384. The number of nitro benzene ring substituents is 1. The number of carbonyl (C=O) groups excluding carboxylic acids is 1. The smallest absolute Gasteiger partial charge is 0.269 e. The molecule has 1 amide bonds. The highest BCUT2D eigenvalue weighted by molar-refractivity contribution is 8.00. The molecule has 6 nitrogen and oxygen atoms in total. The molecule has 0 spiro atoms. The van der Waals surface area contributed by atoms with Gasteiger partial charge in [0.2, 0.25) is 5.91 Å². The number of hydrogen-bond donors (Lipinski definition) is 0. The van der Waals surface area contributed by atoms with Crippen molar-refractivity contribution in [1.29, 1.82) is 0 Å². The minimum atomic E-state index is -0.430. The van der Waals surface area contributed by atoms with Gasteiger partial charge in [-0.1, -0.05) is 0 Å². The molecule has 0 unspecified atom stereocenters. The molecule has 1 saturated heterocycles. The number of benzene rings is 2. The van der Waals surface area contributed by atoms with Crippen LogP contribution in [0.15, 0.2) is 48.5 Å². The Morgan fingerprint density at radius 1 is 1.21 bits per heavy atom. The Morgan fingerprint density at radius 2 is 1.88 bits per heavy atom. The highest BCUT2D eigenvalue weighted by Gasteiger charge is 2.34. The summed E-state index contributed by atoms with van der Waals surface area (Å²) in [5, 5.41) is 10.6. The fraction of sp³-hybridized carbons (Fsp3) is 0.235. The van der Waals surface area contributed by atoms with E-state index < -0.39 is 4.92 Å². The molecule has 2 aromatic carbocycles. The number of carbonyl (C=O) groups is 1. The lowest BCUT2D eigenvalue weighted by atomic mass is 10.1. The zero-order valence-electron chi connectivity index (χ0n) is 13.0. The molecule has 1 aliphatic rings. The predicted octanol–water partition coefficient (Wildman–Crippen LogP) is 3.77. The van der Waals surface area contributed by atoms with Gasteiger partial charge in [-0.3, -0.25) is 19.8 Å². The molecule has 0 bridgehead atoms. The second-order valence-corrected chi connectivity index (χ2v) is 6.27. The molecular formula is C17H16N2O4S. The molecule has 1 atom stereocenters. The molecule has 0 saturated carbocycles. The van der Waals surface area contributed by atoms with Crippen molar-refractivity contribution in [2.24, 2.45) is 0 Å². The van der Waals surface area contributed by atoms with Crippen LogP contribution in [0.3, 0.4) is 0 Å². The Morgan fingerprint density at radius 3 is 2.46 bits per heavy atom. The van der Waals surface area contributed by atoms with Gasteiger partial charge < -0.3 is 4.74 Å². The van der Waals surface area contributed by atoms with Crippen LogP contribution in [0.2, 0.25) is 0 Å². The number of anilines is 1. The predicted molar refractivity (Wildman–Crippen MR) is 93.4 cm³/mol. The van der Waals surface area contributed by atoms with E-state index in [4.69, 9.17) is 4.74 Å². The third kappa shape index (κ3) is 3.21. The highest BCUT2D eigenvalue weighted by Crippen LogP contribution is 2.42. The summed E-state index contributed by atoms with van der Waals surface area (Å²) >= 11 is 1.51. The topological polar surface area (TPSA) is 72.7 Å². The van der Waals surface area contributed by atoms with E-state index in [1.165, 1.54) is 23.9 Å². The van der Waals surface area contributed by atoms with Crippen molar-refractivity contribution in [3.8, 4) is 5.75 Å². The maximum absolute atomic E-state index is 12.3. The molecule has 2 aromatic rings. The van der Waals surface area contributed by atoms with Crippen LogP contribution in [0.1, 0.15) is 17.9 Å². The van der Waals surface area contributed by atoms with Crippen molar-refractivity contribution < 1.29 is 14.5 Å². The van der Waals surface area contributed by atoms with Gasteiger partial charge in [0.1, 0.15) is 11.1 Å². The summed E-state index contributed by atoms with van der Waals surface area (Å²) in [6.07, 6.45) is 0. The lowest BCUT2D eigenvalue weighted by Crippen LogP contribution is -2.27. The third-order valence-electron chi connectivity index (χ3n) is 3.68. The van der Waals surface area contributed by atoms with Gasteiger partial charge in [-0.05, 0) is 48.9 Å². The minimum absolute atomic E-state index is 0.0208. The van der Waals surface area contributed by atoms with Gasteiger partial charge in [0.15, 0.2) is 0 Å². The van der Waals surface area contributed by atoms with E-state index in [1.807, 2.05) is 31.2 Å². The van der Waals surface area contributed by atoms with Crippen molar-refractivity contribution in [3.63, 3.8) is 0 Å². The second kappa shape index (κ2) is 6.92. The van der Waals surface area contributed by atoms with Crippen LogP contribution < -0.4 is 9.64 Å². The van der Waals surface area contributed by atoms with Crippen molar-refractivity contribution >= 4 is 29.0 Å². The summed E-state index contributed by atoms with van der Waals surface area (Å²) in [5.74, 6) is 1.16. The first-order valence-corrected chi connectivity index (χ1v) is 8.56. The molecule has 1 fully saturated rings. The molecule has 1 aliphatic heterocycles.